The number of carbonyl (C=O) groups is 9. The van der Waals surface area contributed by atoms with Crippen LogP contribution in [0.5, 0.6) is 0 Å². The van der Waals surface area contributed by atoms with Crippen molar-refractivity contribution in [3.05, 3.63) is 35.4 Å². The van der Waals surface area contributed by atoms with Crippen LogP contribution in [0.3, 0.4) is 0 Å². The first-order valence-electron chi connectivity index (χ1n) is 19.6. The normalized spacial score (nSPS) is 14.5. The van der Waals surface area contributed by atoms with Gasteiger partial charge in [0.15, 0.2) is 6.17 Å². The van der Waals surface area contributed by atoms with E-state index in [1.807, 2.05) is 12.1 Å². The van der Waals surface area contributed by atoms with Crippen molar-refractivity contribution in [1.82, 2.24) is 42.1 Å². The lowest BCUT2D eigenvalue weighted by atomic mass is 10.0. The summed E-state index contributed by atoms with van der Waals surface area (Å²) in [5.74, 6) is -7.96. The molecule has 0 aliphatic rings. The molecule has 0 aliphatic heterocycles. The Morgan fingerprint density at radius 1 is 0.729 bits per heavy atom. The predicted molar refractivity (Wildman–Crippen MR) is 216 cm³/mol. The van der Waals surface area contributed by atoms with Crippen molar-refractivity contribution >= 4 is 53.0 Å². The molecular weight excluding hydrogens is 770 g/mol. The van der Waals surface area contributed by atoms with E-state index in [9.17, 15) is 53.4 Å². The molecule has 0 spiro atoms. The van der Waals surface area contributed by atoms with Gasteiger partial charge in [-0.25, -0.2) is 0 Å². The van der Waals surface area contributed by atoms with Crippen molar-refractivity contribution < 1.29 is 53.4 Å². The summed E-state index contributed by atoms with van der Waals surface area (Å²) in [5.41, 5.74) is 7.11. The summed E-state index contributed by atoms with van der Waals surface area (Å²) in [6.45, 7) is 7.97. The number of hydrogen-bond acceptors (Lipinski definition) is 12. The first kappa shape index (κ1) is 51.5. The number of rotatable bonds is 25. The third-order valence-electron chi connectivity index (χ3n) is 9.16. The summed E-state index contributed by atoms with van der Waals surface area (Å²) < 4.78 is 0. The topological polar surface area (TPSA) is 308 Å². The van der Waals surface area contributed by atoms with Crippen LogP contribution in [0.25, 0.3) is 0 Å². The number of unbranched alkanes of at least 4 members (excludes halogenated alkanes) is 3. The molecule has 11 N–H and O–H groups in total. The second-order valence-electron chi connectivity index (χ2n) is 14.7. The van der Waals surface area contributed by atoms with Crippen molar-refractivity contribution in [3.8, 4) is 0 Å². The molecule has 59 heavy (non-hydrogen) atoms. The summed E-state index contributed by atoms with van der Waals surface area (Å²) in [5, 5.41) is 36.4. The van der Waals surface area contributed by atoms with E-state index in [0.717, 1.165) is 49.6 Å². The van der Waals surface area contributed by atoms with E-state index in [-0.39, 0.29) is 17.9 Å². The van der Waals surface area contributed by atoms with Gasteiger partial charge in [-0.2, -0.15) is 0 Å². The molecule has 8 amide bonds. The first-order valence-corrected chi connectivity index (χ1v) is 19.6. The maximum absolute atomic E-state index is 13.3. The van der Waals surface area contributed by atoms with Gasteiger partial charge in [0.05, 0.1) is 25.3 Å². The zero-order valence-electron chi connectivity index (χ0n) is 35.2. The number of nitrogens with zero attached hydrogens (tertiary/aromatic N) is 1. The summed E-state index contributed by atoms with van der Waals surface area (Å²) >= 11 is 0. The molecule has 20 nitrogen and oxygen atoms in total. The predicted octanol–water partition coefficient (Wildman–Crippen LogP) is -2.52. The Balaban J connectivity index is 2.80. The Morgan fingerprint density at radius 3 is 1.86 bits per heavy atom. The Kier molecular flexibility index (Phi) is 22.5. The fourth-order valence-electron chi connectivity index (χ4n) is 5.67. The fourth-order valence-corrected chi connectivity index (χ4v) is 5.67. The Morgan fingerprint density at radius 2 is 1.32 bits per heavy atom. The summed E-state index contributed by atoms with van der Waals surface area (Å²) in [4.78, 5) is 115. The molecule has 1 aromatic rings. The van der Waals surface area contributed by atoms with E-state index >= 15 is 0 Å². The lowest BCUT2D eigenvalue weighted by molar-refractivity contribution is -0.144. The molecule has 330 valence electrons. The second-order valence-corrected chi connectivity index (χ2v) is 14.7. The van der Waals surface area contributed by atoms with Crippen LogP contribution in [0.15, 0.2) is 24.3 Å². The highest BCUT2D eigenvalue weighted by atomic mass is 16.3. The highest BCUT2D eigenvalue weighted by Gasteiger charge is 2.35. The molecule has 0 saturated heterocycles. The number of aliphatic hydroxyl groups excluding tert-OH is 2. The minimum absolute atomic E-state index is 0.102. The molecule has 1 rings (SSSR count). The summed E-state index contributed by atoms with van der Waals surface area (Å²) in [6.07, 6.45) is 2.18. The van der Waals surface area contributed by atoms with Gasteiger partial charge in [-0.3, -0.25) is 43.2 Å². The lowest BCUT2D eigenvalue weighted by Gasteiger charge is -2.31. The van der Waals surface area contributed by atoms with Crippen molar-refractivity contribution in [1.29, 1.82) is 0 Å². The highest BCUT2D eigenvalue weighted by Crippen LogP contribution is 2.11. The van der Waals surface area contributed by atoms with Gasteiger partial charge in [-0.1, -0.05) is 52.2 Å². The smallest absolute Gasteiger partial charge is 0.289 e. The number of aliphatic hydroxyl groups is 2. The van der Waals surface area contributed by atoms with Crippen molar-refractivity contribution in [2.75, 3.05) is 27.2 Å². The van der Waals surface area contributed by atoms with E-state index < -0.39 is 109 Å². The van der Waals surface area contributed by atoms with Gasteiger partial charge in [0.25, 0.3) is 17.7 Å². The van der Waals surface area contributed by atoms with E-state index in [2.05, 4.69) is 44.1 Å². The zero-order chi connectivity index (χ0) is 45.0. The number of benzene rings is 1. The Hall–Kier alpha value is -5.47. The van der Waals surface area contributed by atoms with Gasteiger partial charge >= 0.3 is 0 Å². The minimum atomic E-state index is -1.73. The fraction of sp³-hybridized carbons (Fsp3) is 0.615. The summed E-state index contributed by atoms with van der Waals surface area (Å²) in [7, 11) is 2.43. The Labute approximate surface area is 344 Å². The van der Waals surface area contributed by atoms with Crippen molar-refractivity contribution in [2.45, 2.75) is 123 Å². The molecule has 0 aliphatic carbocycles. The van der Waals surface area contributed by atoms with E-state index in [0.29, 0.717) is 0 Å². The van der Waals surface area contributed by atoms with Crippen LogP contribution in [0.2, 0.25) is 0 Å². The number of nitrogens with two attached hydrogens (primary N) is 1. The Bertz CT molecular complexity index is 1620. The van der Waals surface area contributed by atoms with Crippen LogP contribution in [0.1, 0.15) is 89.6 Å². The standard InChI is InChI=1S/C39H63N9O11/c1-9-10-11-12-13-25-14-16-26(17-15-25)34(54)46-28(20-49)36(56)47-32(40)39(59)42-19-29(51)48(8)30(24(6)50)37(57)44-23(5)33(53)45-27(18-21(2)3)35(55)43-22(4)31(52)38(58)41-7/h14-17,21-24,27-28,30,32,49-50H,9-13,18-20,40H2,1-8H3,(H,41,58)(H,42,59)(H,43,55)(H,44,57)(H,45,53)(H,46,54)(H,47,56)/t22?,23-,24?,27-,28+,30-,32-/m0/s1. The number of amides is 8. The highest BCUT2D eigenvalue weighted by molar-refractivity contribution is 6.38. The lowest BCUT2D eigenvalue weighted by Crippen LogP contribution is -2.60. The maximum Gasteiger partial charge on any atom is 0.289 e. The number of carbonyl (C=O) groups excluding carboxylic acids is 9. The molecule has 0 bridgehead atoms. The SMILES string of the molecule is CCCCCCc1ccc(C(=O)N[C@H](CO)C(=O)N[C@H](N)C(=O)NCC(=O)N(C)[C@H](C(=O)N[C@@H](C)C(=O)N[C@@H](CC(C)C)C(=O)NC(C)C(=O)C(=O)NC)C(C)O)cc1. The first-order chi connectivity index (χ1) is 27.7. The molecule has 0 heterocycles. The van der Waals surface area contributed by atoms with Gasteiger partial charge in [0.2, 0.25) is 35.3 Å². The van der Waals surface area contributed by atoms with Crippen LogP contribution >= 0.6 is 0 Å². The number of likely N-dealkylation sites (N-methyl/N-ethyl adjacent to an activating group) is 2. The van der Waals surface area contributed by atoms with E-state index in [1.165, 1.54) is 27.8 Å². The monoisotopic (exact) mass is 833 g/mol. The molecule has 1 aromatic carbocycles. The quantitative estimate of drug-likeness (QED) is 0.0278. The number of Topliss-reactive ketones (excluding diaryl/α,β-unsaturated/α-hetero) is 1. The third kappa shape index (κ3) is 17.5. The maximum atomic E-state index is 13.3. The van der Waals surface area contributed by atoms with E-state index in [4.69, 9.17) is 5.73 Å². The van der Waals surface area contributed by atoms with Gasteiger partial charge in [-0.05, 0) is 63.6 Å². The van der Waals surface area contributed by atoms with Crippen LogP contribution in [0, 0.1) is 5.92 Å². The minimum Gasteiger partial charge on any atom is -0.394 e. The largest absolute Gasteiger partial charge is 0.394 e. The zero-order valence-corrected chi connectivity index (χ0v) is 35.2. The van der Waals surface area contributed by atoms with Crippen LogP contribution < -0.4 is 43.0 Å². The van der Waals surface area contributed by atoms with Crippen LogP contribution in [0.4, 0.5) is 0 Å². The number of hydrogen-bond donors (Lipinski definition) is 10. The molecule has 0 radical (unpaired) electrons. The molecule has 0 saturated carbocycles. The molecule has 0 aromatic heterocycles. The van der Waals surface area contributed by atoms with Crippen molar-refractivity contribution in [3.63, 3.8) is 0 Å². The van der Waals surface area contributed by atoms with Crippen molar-refractivity contribution in [2.24, 2.45) is 11.7 Å². The number of nitrogens with one attached hydrogen (secondary N) is 7. The van der Waals surface area contributed by atoms with Gasteiger partial charge in [0.1, 0.15) is 24.2 Å². The second kappa shape index (κ2) is 25.8. The van der Waals surface area contributed by atoms with Crippen LogP contribution in [-0.2, 0) is 44.8 Å². The number of ketones is 1. The summed E-state index contributed by atoms with van der Waals surface area (Å²) in [6, 6.07) is 0.156. The average Bonchev–Trinajstić information content (AvgIpc) is 3.18. The average molecular weight is 834 g/mol. The van der Waals surface area contributed by atoms with Gasteiger partial charge in [0, 0.05) is 19.7 Å². The van der Waals surface area contributed by atoms with E-state index in [1.54, 1.807) is 26.0 Å². The number of aryl methyl sites for hydroxylation is 1. The third-order valence-corrected chi connectivity index (χ3v) is 9.16. The van der Waals surface area contributed by atoms with Gasteiger partial charge in [-0.15, -0.1) is 0 Å². The molecular formula is C39H63N9O11. The molecule has 20 heteroatoms. The van der Waals surface area contributed by atoms with Crippen LogP contribution in [-0.4, -0.2) is 138 Å². The molecule has 7 atom stereocenters. The van der Waals surface area contributed by atoms with Gasteiger partial charge < -0.3 is 58.1 Å². The molecule has 0 fully saturated rings. The molecule has 2 unspecified atom stereocenters.